The van der Waals surface area contributed by atoms with Crippen molar-refractivity contribution >= 4 is 11.9 Å². The average Bonchev–Trinajstić information content (AvgIpc) is 2.70. The lowest BCUT2D eigenvalue weighted by molar-refractivity contribution is -0.151. The Morgan fingerprint density at radius 2 is 1.85 bits per heavy atom. The zero-order chi connectivity index (χ0) is 19.4. The maximum atomic E-state index is 12.8. The van der Waals surface area contributed by atoms with E-state index in [1.165, 1.54) is 4.90 Å². The summed E-state index contributed by atoms with van der Waals surface area (Å²) in [5.41, 5.74) is 2.85. The number of carboxylic acids is 1. The molecule has 27 heavy (non-hydrogen) atoms. The summed E-state index contributed by atoms with van der Waals surface area (Å²) in [7, 11) is 3.16. The van der Waals surface area contributed by atoms with Crippen LogP contribution in [0.1, 0.15) is 23.1 Å². The predicted octanol–water partition coefficient (Wildman–Crippen LogP) is 2.67. The molecule has 2 aromatic rings. The fraction of sp³-hybridized carbons (Fsp3) is 0.333. The van der Waals surface area contributed by atoms with Gasteiger partial charge in [-0.25, -0.2) is 4.79 Å². The van der Waals surface area contributed by atoms with Gasteiger partial charge in [0.1, 0.15) is 17.5 Å². The second kappa shape index (κ2) is 8.12. The van der Waals surface area contributed by atoms with Crippen molar-refractivity contribution in [3.05, 3.63) is 59.2 Å². The zero-order valence-electron chi connectivity index (χ0n) is 15.5. The second-order valence-corrected chi connectivity index (χ2v) is 6.53. The van der Waals surface area contributed by atoms with Crippen LogP contribution in [-0.4, -0.2) is 42.1 Å². The third-order valence-corrected chi connectivity index (χ3v) is 4.95. The topological polar surface area (TPSA) is 76.1 Å². The average molecular weight is 369 g/mol. The molecule has 0 fully saturated rings. The first-order valence-electron chi connectivity index (χ1n) is 8.83. The van der Waals surface area contributed by atoms with Crippen molar-refractivity contribution < 1.29 is 24.2 Å². The monoisotopic (exact) mass is 369 g/mol. The molecule has 0 radical (unpaired) electrons. The van der Waals surface area contributed by atoms with Gasteiger partial charge in [0, 0.05) is 19.4 Å². The second-order valence-electron chi connectivity index (χ2n) is 6.53. The minimum Gasteiger partial charge on any atom is -0.497 e. The number of aliphatic carboxylic acids is 1. The van der Waals surface area contributed by atoms with E-state index in [9.17, 15) is 14.7 Å². The van der Waals surface area contributed by atoms with Crippen molar-refractivity contribution in [1.29, 1.82) is 0 Å². The van der Waals surface area contributed by atoms with E-state index in [-0.39, 0.29) is 12.3 Å². The molecule has 0 saturated carbocycles. The summed E-state index contributed by atoms with van der Waals surface area (Å²) in [6.45, 7) is 0.321. The van der Waals surface area contributed by atoms with Gasteiger partial charge in [-0.1, -0.05) is 24.3 Å². The van der Waals surface area contributed by atoms with Gasteiger partial charge in [0.25, 0.3) is 0 Å². The molecule has 1 aliphatic heterocycles. The van der Waals surface area contributed by atoms with E-state index in [2.05, 4.69) is 0 Å². The minimum atomic E-state index is -0.975. The lowest BCUT2D eigenvalue weighted by Gasteiger charge is -2.34. The number of amides is 1. The number of fused-ring (bicyclic) bond motifs is 1. The Hall–Kier alpha value is -3.02. The fourth-order valence-electron chi connectivity index (χ4n) is 3.47. The van der Waals surface area contributed by atoms with E-state index in [1.54, 1.807) is 26.4 Å². The first-order chi connectivity index (χ1) is 13.0. The van der Waals surface area contributed by atoms with Crippen molar-refractivity contribution in [3.8, 4) is 11.5 Å². The molecule has 3 rings (SSSR count). The summed E-state index contributed by atoms with van der Waals surface area (Å²) in [6.07, 6.45) is 0.985. The SMILES string of the molecule is COc1ccc(OC)c(CCC(=O)N2Cc3ccccc3CC2C(=O)O)c1. The molecule has 1 atom stereocenters. The van der Waals surface area contributed by atoms with E-state index < -0.39 is 12.0 Å². The van der Waals surface area contributed by atoms with E-state index in [4.69, 9.17) is 9.47 Å². The normalized spacial score (nSPS) is 15.8. The molecule has 1 unspecified atom stereocenters. The Balaban J connectivity index is 1.76. The summed E-state index contributed by atoms with van der Waals surface area (Å²) >= 11 is 0. The van der Waals surface area contributed by atoms with Crippen molar-refractivity contribution in [2.75, 3.05) is 14.2 Å². The zero-order valence-corrected chi connectivity index (χ0v) is 15.5. The molecule has 2 aromatic carbocycles. The maximum Gasteiger partial charge on any atom is 0.326 e. The van der Waals surface area contributed by atoms with Gasteiger partial charge in [-0.05, 0) is 41.3 Å². The number of aryl methyl sites for hydroxylation is 1. The summed E-state index contributed by atoms with van der Waals surface area (Å²) < 4.78 is 10.6. The molecule has 6 heteroatoms. The summed E-state index contributed by atoms with van der Waals surface area (Å²) in [5, 5.41) is 9.59. The van der Waals surface area contributed by atoms with Crippen LogP contribution in [0, 0.1) is 0 Å². The molecule has 1 N–H and O–H groups in total. The summed E-state index contributed by atoms with van der Waals surface area (Å²) in [4.78, 5) is 26.0. The standard InChI is InChI=1S/C21H23NO5/c1-26-17-8-9-19(27-2)15(11-17)7-10-20(23)22-13-16-6-4-3-5-14(16)12-18(22)21(24)25/h3-6,8-9,11,18H,7,10,12-13H2,1-2H3,(H,24,25). The number of hydrogen-bond acceptors (Lipinski definition) is 4. The molecule has 1 aliphatic rings. The van der Waals surface area contributed by atoms with Gasteiger partial charge in [0.05, 0.1) is 14.2 Å². The number of carboxylic acid groups (broad SMARTS) is 1. The lowest BCUT2D eigenvalue weighted by atomic mass is 9.93. The summed E-state index contributed by atoms with van der Waals surface area (Å²) in [6, 6.07) is 12.3. The predicted molar refractivity (Wildman–Crippen MR) is 100.0 cm³/mol. The van der Waals surface area contributed by atoms with Gasteiger partial charge in [-0.3, -0.25) is 4.79 Å². The van der Waals surface area contributed by atoms with Crippen LogP contribution in [0.5, 0.6) is 11.5 Å². The van der Waals surface area contributed by atoms with Crippen molar-refractivity contribution in [2.24, 2.45) is 0 Å². The first kappa shape index (κ1) is 18.8. The van der Waals surface area contributed by atoms with Crippen LogP contribution in [0.15, 0.2) is 42.5 Å². The van der Waals surface area contributed by atoms with E-state index in [0.717, 1.165) is 16.7 Å². The Morgan fingerprint density at radius 3 is 2.52 bits per heavy atom. The molecule has 142 valence electrons. The number of hydrogen-bond donors (Lipinski definition) is 1. The van der Waals surface area contributed by atoms with E-state index in [1.807, 2.05) is 30.3 Å². The van der Waals surface area contributed by atoms with Crippen LogP contribution >= 0.6 is 0 Å². The van der Waals surface area contributed by atoms with Crippen LogP contribution in [0.3, 0.4) is 0 Å². The molecular weight excluding hydrogens is 346 g/mol. The smallest absolute Gasteiger partial charge is 0.326 e. The number of benzene rings is 2. The van der Waals surface area contributed by atoms with Gasteiger partial charge >= 0.3 is 5.97 Å². The molecule has 0 spiro atoms. The van der Waals surface area contributed by atoms with Crippen LogP contribution in [0.25, 0.3) is 0 Å². The lowest BCUT2D eigenvalue weighted by Crippen LogP contribution is -2.48. The van der Waals surface area contributed by atoms with Crippen LogP contribution < -0.4 is 9.47 Å². The molecule has 6 nitrogen and oxygen atoms in total. The van der Waals surface area contributed by atoms with Crippen molar-refractivity contribution in [3.63, 3.8) is 0 Å². The molecule has 1 amide bonds. The van der Waals surface area contributed by atoms with Crippen molar-refractivity contribution in [1.82, 2.24) is 4.90 Å². The first-order valence-corrected chi connectivity index (χ1v) is 8.83. The van der Waals surface area contributed by atoms with Gasteiger partial charge in [-0.2, -0.15) is 0 Å². The van der Waals surface area contributed by atoms with Gasteiger partial charge in [0.15, 0.2) is 0 Å². The maximum absolute atomic E-state index is 12.8. The quantitative estimate of drug-likeness (QED) is 0.847. The van der Waals surface area contributed by atoms with Gasteiger partial charge < -0.3 is 19.5 Å². The van der Waals surface area contributed by atoms with E-state index >= 15 is 0 Å². The third kappa shape index (κ3) is 4.05. The molecular formula is C21H23NO5. The fourth-order valence-corrected chi connectivity index (χ4v) is 3.47. The summed E-state index contributed by atoms with van der Waals surface area (Å²) in [5.74, 6) is 0.217. The van der Waals surface area contributed by atoms with Crippen LogP contribution in [0.2, 0.25) is 0 Å². The van der Waals surface area contributed by atoms with Gasteiger partial charge in [-0.15, -0.1) is 0 Å². The minimum absolute atomic E-state index is 0.179. The Labute approximate surface area is 158 Å². The molecule has 1 heterocycles. The Morgan fingerprint density at radius 1 is 1.11 bits per heavy atom. The third-order valence-electron chi connectivity index (χ3n) is 4.95. The Kier molecular flexibility index (Phi) is 5.64. The van der Waals surface area contributed by atoms with E-state index in [0.29, 0.717) is 30.9 Å². The van der Waals surface area contributed by atoms with Crippen LogP contribution in [-0.2, 0) is 29.0 Å². The molecule has 0 aliphatic carbocycles. The Bertz CT molecular complexity index is 848. The number of carbonyl (C=O) groups is 2. The number of methoxy groups -OCH3 is 2. The highest BCUT2D eigenvalue weighted by Gasteiger charge is 2.34. The highest BCUT2D eigenvalue weighted by molar-refractivity contribution is 5.84. The largest absolute Gasteiger partial charge is 0.497 e. The highest BCUT2D eigenvalue weighted by atomic mass is 16.5. The highest BCUT2D eigenvalue weighted by Crippen LogP contribution is 2.27. The number of nitrogens with zero attached hydrogens (tertiary/aromatic N) is 1. The number of ether oxygens (including phenoxy) is 2. The van der Waals surface area contributed by atoms with Crippen molar-refractivity contribution in [2.45, 2.75) is 31.8 Å². The molecule has 0 aromatic heterocycles. The molecule has 0 saturated heterocycles. The number of rotatable bonds is 6. The number of carbonyl (C=O) groups excluding carboxylic acids is 1. The molecule has 0 bridgehead atoms. The van der Waals surface area contributed by atoms with Gasteiger partial charge in [0.2, 0.25) is 5.91 Å². The van der Waals surface area contributed by atoms with Crippen LogP contribution in [0.4, 0.5) is 0 Å².